The van der Waals surface area contributed by atoms with Crippen LogP contribution in [0.3, 0.4) is 0 Å². The number of hydrogen-bond acceptors (Lipinski definition) is 2. The fourth-order valence-corrected chi connectivity index (χ4v) is 3.11. The molecule has 2 aromatic rings. The molecule has 0 bridgehead atoms. The van der Waals surface area contributed by atoms with Crippen LogP contribution < -0.4 is 10.6 Å². The van der Waals surface area contributed by atoms with Crippen molar-refractivity contribution in [2.45, 2.75) is 19.4 Å². The number of halogens is 1. The van der Waals surface area contributed by atoms with Gasteiger partial charge in [0.1, 0.15) is 0 Å². The van der Waals surface area contributed by atoms with Crippen molar-refractivity contribution in [3.63, 3.8) is 0 Å². The predicted molar refractivity (Wildman–Crippen MR) is 90.0 cm³/mol. The molecule has 0 saturated carbocycles. The Hall–Kier alpha value is -1.84. The summed E-state index contributed by atoms with van der Waals surface area (Å²) in [5.41, 5.74) is 9.35. The van der Waals surface area contributed by atoms with Crippen LogP contribution in [-0.4, -0.2) is 12.5 Å². The third-order valence-electron chi connectivity index (χ3n) is 4.32. The molecule has 2 unspecified atom stereocenters. The molecule has 2 atom stereocenters. The molecule has 2 N–H and O–H groups in total. The van der Waals surface area contributed by atoms with Crippen LogP contribution in [0.25, 0.3) is 0 Å². The number of carbonyl (C=O) groups is 1. The van der Waals surface area contributed by atoms with Crippen molar-refractivity contribution in [2.75, 3.05) is 11.4 Å². The van der Waals surface area contributed by atoms with Gasteiger partial charge in [-0.1, -0.05) is 54.9 Å². The zero-order chi connectivity index (χ0) is 15.7. The van der Waals surface area contributed by atoms with Crippen LogP contribution in [0, 0.1) is 5.92 Å². The average Bonchev–Trinajstić information content (AvgIpc) is 2.96. The van der Waals surface area contributed by atoms with E-state index in [0.717, 1.165) is 17.7 Å². The van der Waals surface area contributed by atoms with Gasteiger partial charge in [-0.25, -0.2) is 0 Å². The highest BCUT2D eigenvalue weighted by Crippen LogP contribution is 2.33. The first-order valence-electron chi connectivity index (χ1n) is 7.48. The molecule has 0 spiro atoms. The largest absolute Gasteiger partial charge is 0.323 e. The monoisotopic (exact) mass is 314 g/mol. The highest BCUT2D eigenvalue weighted by Gasteiger charge is 2.31. The van der Waals surface area contributed by atoms with E-state index in [-0.39, 0.29) is 17.9 Å². The number of benzene rings is 2. The van der Waals surface area contributed by atoms with Crippen LogP contribution in [0.5, 0.6) is 0 Å². The Morgan fingerprint density at radius 2 is 1.95 bits per heavy atom. The van der Waals surface area contributed by atoms with E-state index < -0.39 is 0 Å². The molecule has 3 rings (SSSR count). The summed E-state index contributed by atoms with van der Waals surface area (Å²) in [6.07, 6.45) is 0.867. The molecule has 1 heterocycles. The van der Waals surface area contributed by atoms with Crippen molar-refractivity contribution < 1.29 is 4.79 Å². The highest BCUT2D eigenvalue weighted by atomic mass is 35.5. The van der Waals surface area contributed by atoms with Crippen LogP contribution in [0.15, 0.2) is 48.5 Å². The zero-order valence-corrected chi connectivity index (χ0v) is 13.3. The number of fused-ring (bicyclic) bond motifs is 1. The number of nitrogens with zero attached hydrogens (tertiary/aromatic N) is 1. The third kappa shape index (κ3) is 2.74. The topological polar surface area (TPSA) is 46.3 Å². The first kappa shape index (κ1) is 15.1. The number of anilines is 1. The molecule has 1 aliphatic rings. The van der Waals surface area contributed by atoms with Gasteiger partial charge in [-0.3, -0.25) is 4.79 Å². The maximum Gasteiger partial charge on any atom is 0.231 e. The van der Waals surface area contributed by atoms with Crippen molar-refractivity contribution in [3.8, 4) is 0 Å². The molecule has 1 amide bonds. The maximum atomic E-state index is 12.8. The second kappa shape index (κ2) is 6.11. The standard InChI is InChI=1S/C18H19ClN2O/c1-12(17(20)14-5-3-2-4-6-14)18(22)21-10-9-13-7-8-15(19)11-16(13)21/h2-8,11-12,17H,9-10,20H2,1H3. The number of rotatable bonds is 3. The minimum Gasteiger partial charge on any atom is -0.323 e. The van der Waals surface area contributed by atoms with Gasteiger partial charge in [0.25, 0.3) is 0 Å². The van der Waals surface area contributed by atoms with E-state index in [1.807, 2.05) is 60.4 Å². The van der Waals surface area contributed by atoms with Gasteiger partial charge in [0.2, 0.25) is 5.91 Å². The SMILES string of the molecule is CC(C(=O)N1CCc2ccc(Cl)cc21)C(N)c1ccccc1. The highest BCUT2D eigenvalue weighted by molar-refractivity contribution is 6.31. The van der Waals surface area contributed by atoms with Gasteiger partial charge in [0.15, 0.2) is 0 Å². The van der Waals surface area contributed by atoms with Crippen LogP contribution >= 0.6 is 11.6 Å². The minimum absolute atomic E-state index is 0.0531. The molecular formula is C18H19ClN2O. The van der Waals surface area contributed by atoms with Crippen molar-refractivity contribution in [1.29, 1.82) is 0 Å². The van der Waals surface area contributed by atoms with Crippen molar-refractivity contribution >= 4 is 23.2 Å². The second-order valence-electron chi connectivity index (χ2n) is 5.74. The quantitative estimate of drug-likeness (QED) is 0.941. The lowest BCUT2D eigenvalue weighted by molar-refractivity contribution is -0.122. The maximum absolute atomic E-state index is 12.8. The summed E-state index contributed by atoms with van der Waals surface area (Å²) in [5, 5.41) is 0.651. The number of amides is 1. The van der Waals surface area contributed by atoms with Crippen LogP contribution in [0.4, 0.5) is 5.69 Å². The molecule has 3 nitrogen and oxygen atoms in total. The lowest BCUT2D eigenvalue weighted by atomic mass is 9.94. The van der Waals surface area contributed by atoms with Gasteiger partial charge >= 0.3 is 0 Å². The summed E-state index contributed by atoms with van der Waals surface area (Å²) in [5.74, 6) is -0.232. The van der Waals surface area contributed by atoms with E-state index in [9.17, 15) is 4.79 Å². The van der Waals surface area contributed by atoms with Gasteiger partial charge in [0, 0.05) is 23.3 Å². The Balaban J connectivity index is 1.82. The first-order chi connectivity index (χ1) is 10.6. The Bertz CT molecular complexity index is 687. The molecule has 0 radical (unpaired) electrons. The average molecular weight is 315 g/mol. The molecular weight excluding hydrogens is 296 g/mol. The van der Waals surface area contributed by atoms with Gasteiger partial charge < -0.3 is 10.6 Å². The molecule has 114 valence electrons. The minimum atomic E-state index is -0.308. The summed E-state index contributed by atoms with van der Waals surface area (Å²) in [4.78, 5) is 14.7. The summed E-state index contributed by atoms with van der Waals surface area (Å²) in [6.45, 7) is 2.59. The lowest BCUT2D eigenvalue weighted by Crippen LogP contribution is -2.38. The van der Waals surface area contributed by atoms with Gasteiger partial charge in [-0.05, 0) is 29.7 Å². The fraction of sp³-hybridized carbons (Fsp3) is 0.278. The molecule has 0 fully saturated rings. The summed E-state index contributed by atoms with van der Waals surface area (Å²) < 4.78 is 0. The Morgan fingerprint density at radius 3 is 2.68 bits per heavy atom. The smallest absolute Gasteiger partial charge is 0.231 e. The fourth-order valence-electron chi connectivity index (χ4n) is 2.94. The second-order valence-corrected chi connectivity index (χ2v) is 6.17. The van der Waals surface area contributed by atoms with E-state index in [0.29, 0.717) is 11.6 Å². The number of carbonyl (C=O) groups excluding carboxylic acids is 1. The van der Waals surface area contributed by atoms with Crippen LogP contribution in [0.1, 0.15) is 24.1 Å². The van der Waals surface area contributed by atoms with E-state index in [4.69, 9.17) is 17.3 Å². The van der Waals surface area contributed by atoms with Crippen molar-refractivity contribution in [1.82, 2.24) is 0 Å². The summed E-state index contributed by atoms with van der Waals surface area (Å²) in [6, 6.07) is 15.2. The Kier molecular flexibility index (Phi) is 4.19. The predicted octanol–water partition coefficient (Wildman–Crippen LogP) is 3.57. The van der Waals surface area contributed by atoms with Crippen LogP contribution in [-0.2, 0) is 11.2 Å². The Morgan fingerprint density at radius 1 is 1.23 bits per heavy atom. The van der Waals surface area contributed by atoms with Gasteiger partial charge in [-0.15, -0.1) is 0 Å². The molecule has 0 aliphatic carbocycles. The first-order valence-corrected chi connectivity index (χ1v) is 7.86. The zero-order valence-electron chi connectivity index (χ0n) is 12.5. The third-order valence-corrected chi connectivity index (χ3v) is 4.56. The Labute approximate surface area is 135 Å². The van der Waals surface area contributed by atoms with E-state index >= 15 is 0 Å². The summed E-state index contributed by atoms with van der Waals surface area (Å²) in [7, 11) is 0. The van der Waals surface area contributed by atoms with Gasteiger partial charge in [0.05, 0.1) is 5.92 Å². The van der Waals surface area contributed by atoms with Crippen LogP contribution in [0.2, 0.25) is 5.02 Å². The molecule has 2 aromatic carbocycles. The normalized spacial score (nSPS) is 16.2. The molecule has 0 saturated heterocycles. The van der Waals surface area contributed by atoms with Gasteiger partial charge in [-0.2, -0.15) is 0 Å². The van der Waals surface area contributed by atoms with Crippen molar-refractivity contribution in [3.05, 3.63) is 64.7 Å². The van der Waals surface area contributed by atoms with E-state index in [1.165, 1.54) is 5.56 Å². The number of hydrogen-bond donors (Lipinski definition) is 1. The molecule has 0 aromatic heterocycles. The van der Waals surface area contributed by atoms with Crippen molar-refractivity contribution in [2.24, 2.45) is 11.7 Å². The molecule has 22 heavy (non-hydrogen) atoms. The number of nitrogens with two attached hydrogens (primary N) is 1. The van der Waals surface area contributed by atoms with E-state index in [1.54, 1.807) is 0 Å². The summed E-state index contributed by atoms with van der Waals surface area (Å²) >= 11 is 6.07. The molecule has 1 aliphatic heterocycles. The molecule has 4 heteroatoms. The lowest BCUT2D eigenvalue weighted by Gasteiger charge is -2.26. The van der Waals surface area contributed by atoms with E-state index in [2.05, 4.69) is 0 Å².